The molecule has 7 heteroatoms. The summed E-state index contributed by atoms with van der Waals surface area (Å²) >= 11 is 1.40. The van der Waals surface area contributed by atoms with E-state index in [1.807, 2.05) is 63.4 Å². The Morgan fingerprint density at radius 1 is 0.974 bits per heavy atom. The SMILES string of the molecule is C1CCN(CC2C3(CC3)C23CC3)CC1.CNc1cccc(SNc2nc(-c3c(C)cccc3C)cc(=O)[nH]2)c1. The summed E-state index contributed by atoms with van der Waals surface area (Å²) in [6.45, 7) is 8.33. The molecule has 7 rings (SSSR count). The topological polar surface area (TPSA) is 73.0 Å². The Bertz CT molecular complexity index is 1350. The van der Waals surface area contributed by atoms with E-state index in [-0.39, 0.29) is 5.56 Å². The van der Waals surface area contributed by atoms with Gasteiger partial charge in [-0.3, -0.25) is 14.5 Å². The third-order valence-corrected chi connectivity index (χ3v) is 10.4. The number of nitrogens with zero attached hydrogens (tertiary/aromatic N) is 2. The van der Waals surface area contributed by atoms with Gasteiger partial charge in [0.15, 0.2) is 0 Å². The normalized spacial score (nSPS) is 20.3. The maximum Gasteiger partial charge on any atom is 0.252 e. The van der Waals surface area contributed by atoms with Crippen molar-refractivity contribution < 1.29 is 0 Å². The third kappa shape index (κ3) is 5.36. The fraction of sp³-hybridized carbons (Fsp3) is 0.500. The van der Waals surface area contributed by atoms with Crippen LogP contribution in [0.25, 0.3) is 11.3 Å². The Kier molecular flexibility index (Phi) is 7.23. The van der Waals surface area contributed by atoms with Gasteiger partial charge in [0.05, 0.1) is 5.69 Å². The molecule has 4 aliphatic rings. The fourth-order valence-electron chi connectivity index (χ4n) is 7.23. The van der Waals surface area contributed by atoms with Gasteiger partial charge in [0.2, 0.25) is 5.95 Å². The molecule has 0 radical (unpaired) electrons. The average Bonchev–Trinajstić information content (AvgIpc) is 3.88. The Hall–Kier alpha value is -2.77. The first-order chi connectivity index (χ1) is 18.9. The van der Waals surface area contributed by atoms with E-state index in [1.54, 1.807) is 25.7 Å². The summed E-state index contributed by atoms with van der Waals surface area (Å²) in [6, 6.07) is 15.6. The van der Waals surface area contributed by atoms with E-state index >= 15 is 0 Å². The second-order valence-corrected chi connectivity index (χ2v) is 12.8. The largest absolute Gasteiger partial charge is 0.388 e. The molecule has 3 aliphatic carbocycles. The monoisotopic (exact) mass is 543 g/mol. The van der Waals surface area contributed by atoms with Crippen molar-refractivity contribution in [1.82, 2.24) is 14.9 Å². The highest BCUT2D eigenvalue weighted by molar-refractivity contribution is 8.00. The number of anilines is 2. The Balaban J connectivity index is 0.000000164. The summed E-state index contributed by atoms with van der Waals surface area (Å²) in [5.74, 6) is 1.58. The number of hydrogen-bond donors (Lipinski definition) is 3. The third-order valence-electron chi connectivity index (χ3n) is 9.58. The van der Waals surface area contributed by atoms with E-state index in [4.69, 9.17) is 0 Å². The minimum absolute atomic E-state index is 0.181. The lowest BCUT2D eigenvalue weighted by atomic mass is 10.00. The standard InChI is InChI=1S/C19H20N4OS.C13H21N/c1-12-6-4-7-13(2)18(12)16-11-17(24)22-19(21-16)23-25-15-9-5-8-14(10-15)20-3;1-2-8-14(9-3-1)10-11-12(4-5-12)13(11)6-7-13/h4-11,20H,1-3H3,(H2,21,22,23,24);11H,1-10H2. The molecule has 3 saturated carbocycles. The first-order valence-electron chi connectivity index (χ1n) is 14.6. The van der Waals surface area contributed by atoms with Crippen LogP contribution in [0, 0.1) is 30.6 Å². The zero-order valence-corrected chi connectivity index (χ0v) is 24.3. The molecule has 2 spiro atoms. The zero-order valence-electron chi connectivity index (χ0n) is 23.5. The highest BCUT2D eigenvalue weighted by Gasteiger charge is 2.86. The first-order valence-corrected chi connectivity index (χ1v) is 15.4. The molecule has 206 valence electrons. The summed E-state index contributed by atoms with van der Waals surface area (Å²) in [5, 5.41) is 3.10. The molecule has 2 aromatic carbocycles. The predicted octanol–water partition coefficient (Wildman–Crippen LogP) is 6.88. The quantitative estimate of drug-likeness (QED) is 0.282. The lowest BCUT2D eigenvalue weighted by Crippen LogP contribution is -2.32. The van der Waals surface area contributed by atoms with E-state index in [9.17, 15) is 4.79 Å². The van der Waals surface area contributed by atoms with Gasteiger partial charge in [-0.1, -0.05) is 30.7 Å². The van der Waals surface area contributed by atoms with Gasteiger partial charge in [-0.15, -0.1) is 0 Å². The van der Waals surface area contributed by atoms with E-state index in [0.29, 0.717) is 11.6 Å². The molecular weight excluding hydrogens is 502 g/mol. The Morgan fingerprint density at radius 2 is 1.64 bits per heavy atom. The number of benzene rings is 2. The van der Waals surface area contributed by atoms with Gasteiger partial charge in [-0.2, -0.15) is 0 Å². The Morgan fingerprint density at radius 3 is 2.28 bits per heavy atom. The maximum atomic E-state index is 12.1. The first kappa shape index (κ1) is 26.5. The van der Waals surface area contributed by atoms with E-state index in [0.717, 1.165) is 44.0 Å². The molecule has 0 unspecified atom stereocenters. The summed E-state index contributed by atoms with van der Waals surface area (Å²) in [6.07, 6.45) is 10.8. The number of fused-ring (bicyclic) bond motifs is 1. The van der Waals surface area contributed by atoms with Crippen LogP contribution in [0.15, 0.2) is 58.2 Å². The Labute approximate surface area is 236 Å². The van der Waals surface area contributed by atoms with Gasteiger partial charge in [-0.25, -0.2) is 4.98 Å². The van der Waals surface area contributed by atoms with Gasteiger partial charge in [-0.05, 0) is 123 Å². The van der Waals surface area contributed by atoms with Crippen LogP contribution in [-0.2, 0) is 0 Å². The molecule has 0 atom stereocenters. The van der Waals surface area contributed by atoms with Gasteiger partial charge in [0.1, 0.15) is 0 Å². The number of H-pyrrole nitrogens is 1. The molecule has 0 amide bonds. The molecule has 3 N–H and O–H groups in total. The molecule has 6 nitrogen and oxygen atoms in total. The number of piperidine rings is 1. The molecule has 39 heavy (non-hydrogen) atoms. The van der Waals surface area contributed by atoms with Crippen LogP contribution >= 0.6 is 11.9 Å². The van der Waals surface area contributed by atoms with Gasteiger partial charge >= 0.3 is 0 Å². The number of aromatic amines is 1. The van der Waals surface area contributed by atoms with E-state index in [2.05, 4.69) is 24.9 Å². The van der Waals surface area contributed by atoms with Crippen molar-refractivity contribution >= 4 is 23.6 Å². The van der Waals surface area contributed by atoms with Crippen LogP contribution in [-0.4, -0.2) is 41.5 Å². The second-order valence-electron chi connectivity index (χ2n) is 12.0. The van der Waals surface area contributed by atoms with Gasteiger partial charge < -0.3 is 10.2 Å². The number of aromatic nitrogens is 2. The van der Waals surface area contributed by atoms with Crippen molar-refractivity contribution in [2.75, 3.05) is 36.7 Å². The van der Waals surface area contributed by atoms with Crippen LogP contribution in [0.5, 0.6) is 0 Å². The molecule has 4 fully saturated rings. The number of aryl methyl sites for hydroxylation is 2. The number of likely N-dealkylation sites (tertiary alicyclic amines) is 1. The van der Waals surface area contributed by atoms with Crippen LogP contribution in [0.1, 0.15) is 56.1 Å². The lowest BCUT2D eigenvalue weighted by Gasteiger charge is -2.26. The summed E-state index contributed by atoms with van der Waals surface area (Å²) < 4.78 is 3.12. The molecule has 1 aliphatic heterocycles. The van der Waals surface area contributed by atoms with Crippen LogP contribution in [0.4, 0.5) is 11.6 Å². The summed E-state index contributed by atoms with van der Waals surface area (Å²) in [5.41, 5.74) is 6.58. The van der Waals surface area contributed by atoms with Gasteiger partial charge in [0, 0.05) is 35.8 Å². The minimum Gasteiger partial charge on any atom is -0.388 e. The molecular formula is C32H41N5OS. The highest BCUT2D eigenvalue weighted by Crippen LogP contribution is 2.92. The average molecular weight is 544 g/mol. The molecule has 2 heterocycles. The van der Waals surface area contributed by atoms with Gasteiger partial charge in [0.25, 0.3) is 5.56 Å². The van der Waals surface area contributed by atoms with Crippen molar-refractivity contribution in [2.45, 2.75) is 63.7 Å². The summed E-state index contributed by atoms with van der Waals surface area (Å²) in [4.78, 5) is 23.2. The van der Waals surface area contributed by atoms with Crippen molar-refractivity contribution in [2.24, 2.45) is 16.7 Å². The molecule has 1 aromatic heterocycles. The van der Waals surface area contributed by atoms with Crippen molar-refractivity contribution in [3.8, 4) is 11.3 Å². The van der Waals surface area contributed by atoms with E-state index in [1.165, 1.54) is 56.9 Å². The van der Waals surface area contributed by atoms with Crippen molar-refractivity contribution in [3.05, 3.63) is 70.0 Å². The lowest BCUT2D eigenvalue weighted by molar-refractivity contribution is 0.212. The smallest absolute Gasteiger partial charge is 0.252 e. The van der Waals surface area contributed by atoms with E-state index < -0.39 is 0 Å². The van der Waals surface area contributed by atoms with Crippen molar-refractivity contribution in [1.29, 1.82) is 0 Å². The second kappa shape index (κ2) is 10.7. The van der Waals surface area contributed by atoms with Crippen LogP contribution < -0.4 is 15.6 Å². The van der Waals surface area contributed by atoms with Crippen LogP contribution in [0.2, 0.25) is 0 Å². The number of nitrogens with one attached hydrogen (secondary N) is 3. The number of hydrogen-bond acceptors (Lipinski definition) is 6. The predicted molar refractivity (Wildman–Crippen MR) is 162 cm³/mol. The maximum absolute atomic E-state index is 12.1. The molecule has 1 saturated heterocycles. The van der Waals surface area contributed by atoms with Crippen LogP contribution in [0.3, 0.4) is 0 Å². The molecule has 3 aromatic rings. The summed E-state index contributed by atoms with van der Waals surface area (Å²) in [7, 11) is 1.88. The molecule has 0 bridgehead atoms. The number of rotatable bonds is 7. The van der Waals surface area contributed by atoms with Crippen molar-refractivity contribution in [3.63, 3.8) is 0 Å². The zero-order chi connectivity index (χ0) is 27.0. The highest BCUT2D eigenvalue weighted by atomic mass is 32.2. The minimum atomic E-state index is -0.181. The fourth-order valence-corrected chi connectivity index (χ4v) is 7.87.